The SMILES string of the molecule is CCC1C=CCCC2(CC3CCC4C(C(=O)OCCCCCCCCCCCCCCCC(=O)OC)C5(CCCC(C)O5)N=C(N2)N34)O1. The van der Waals surface area contributed by atoms with E-state index >= 15 is 0 Å². The van der Waals surface area contributed by atoms with Gasteiger partial charge in [-0.2, -0.15) is 0 Å². The number of nitrogens with zero attached hydrogens (tertiary/aromatic N) is 2. The van der Waals surface area contributed by atoms with Crippen molar-refractivity contribution in [2.75, 3.05) is 13.7 Å². The second kappa shape index (κ2) is 18.2. The Balaban J connectivity index is 1.04. The highest BCUT2D eigenvalue weighted by Gasteiger charge is 2.62. The highest BCUT2D eigenvalue weighted by Crippen LogP contribution is 2.50. The Bertz CT molecular complexity index is 1100. The van der Waals surface area contributed by atoms with Crippen LogP contribution in [0.3, 0.4) is 0 Å². The third kappa shape index (κ3) is 9.55. The fourth-order valence-corrected chi connectivity index (χ4v) is 8.96. The van der Waals surface area contributed by atoms with Crippen LogP contribution in [-0.2, 0) is 28.5 Å². The van der Waals surface area contributed by atoms with Crippen LogP contribution in [0.15, 0.2) is 17.1 Å². The highest BCUT2D eigenvalue weighted by molar-refractivity contribution is 5.87. The summed E-state index contributed by atoms with van der Waals surface area (Å²) in [6, 6.07) is 0.353. The number of unbranched alkanes of at least 4 members (excludes halogenated alkanes) is 12. The van der Waals surface area contributed by atoms with Crippen LogP contribution in [0.5, 0.6) is 0 Å². The summed E-state index contributed by atoms with van der Waals surface area (Å²) in [6.07, 6.45) is 29.2. The van der Waals surface area contributed by atoms with E-state index in [0.29, 0.717) is 19.1 Å². The van der Waals surface area contributed by atoms with Crippen LogP contribution in [0.25, 0.3) is 0 Å². The molecule has 3 saturated heterocycles. The van der Waals surface area contributed by atoms with Gasteiger partial charge in [0.15, 0.2) is 11.7 Å². The van der Waals surface area contributed by atoms with Crippen molar-refractivity contribution < 1.29 is 28.5 Å². The second-order valence-electron chi connectivity index (χ2n) is 15.2. The summed E-state index contributed by atoms with van der Waals surface area (Å²) in [6.45, 7) is 4.78. The lowest BCUT2D eigenvalue weighted by Gasteiger charge is -2.55. The van der Waals surface area contributed by atoms with E-state index in [0.717, 1.165) is 89.4 Å². The van der Waals surface area contributed by atoms with E-state index in [-0.39, 0.29) is 30.2 Å². The summed E-state index contributed by atoms with van der Waals surface area (Å²) in [5.74, 6) is 0.258. The van der Waals surface area contributed by atoms with Gasteiger partial charge in [-0.25, -0.2) is 4.99 Å². The highest BCUT2D eigenvalue weighted by atomic mass is 16.6. The number of methoxy groups -OCH3 is 1. The number of allylic oxidation sites excluding steroid dienone is 1. The fraction of sp³-hybridized carbons (Fsp3) is 0.872. The Kier molecular flexibility index (Phi) is 14.1. The molecule has 5 aliphatic rings. The lowest BCUT2D eigenvalue weighted by molar-refractivity contribution is -0.194. The normalized spacial score (nSPS) is 32.4. The molecule has 0 bridgehead atoms. The minimum absolute atomic E-state index is 0.0441. The summed E-state index contributed by atoms with van der Waals surface area (Å²) in [5.41, 5.74) is -1.30. The van der Waals surface area contributed by atoms with Gasteiger partial charge in [0, 0.05) is 18.9 Å². The largest absolute Gasteiger partial charge is 0.469 e. The predicted octanol–water partition coefficient (Wildman–Crippen LogP) is 8.10. The van der Waals surface area contributed by atoms with E-state index in [1.807, 2.05) is 0 Å². The molecule has 5 heterocycles. The average Bonchev–Trinajstić information content (AvgIpc) is 3.38. The van der Waals surface area contributed by atoms with Crippen molar-refractivity contribution in [3.8, 4) is 0 Å². The molecule has 0 aliphatic carbocycles. The first-order valence-corrected chi connectivity index (χ1v) is 19.8. The molecule has 1 N–H and O–H groups in total. The first-order chi connectivity index (χ1) is 23.4. The lowest BCUT2D eigenvalue weighted by atomic mass is 9.80. The van der Waals surface area contributed by atoms with Gasteiger partial charge < -0.3 is 29.2 Å². The number of carbonyl (C=O) groups excluding carboxylic acids is 2. The number of guanidine groups is 1. The van der Waals surface area contributed by atoms with Gasteiger partial charge in [-0.1, -0.05) is 89.7 Å². The van der Waals surface area contributed by atoms with Crippen LogP contribution in [0.4, 0.5) is 0 Å². The van der Waals surface area contributed by atoms with Gasteiger partial charge in [0.1, 0.15) is 11.6 Å². The molecule has 0 aromatic carbocycles. The van der Waals surface area contributed by atoms with Crippen LogP contribution in [0.2, 0.25) is 0 Å². The first kappa shape index (κ1) is 37.1. The van der Waals surface area contributed by atoms with E-state index in [1.54, 1.807) is 0 Å². The zero-order valence-corrected chi connectivity index (χ0v) is 30.4. The minimum Gasteiger partial charge on any atom is -0.469 e. The number of rotatable bonds is 18. The molecule has 7 unspecified atom stereocenters. The fourth-order valence-electron chi connectivity index (χ4n) is 8.96. The number of hydrogen-bond donors (Lipinski definition) is 1. The second-order valence-corrected chi connectivity index (χ2v) is 15.2. The molecule has 0 aromatic heterocycles. The molecule has 5 aliphatic heterocycles. The van der Waals surface area contributed by atoms with Crippen molar-refractivity contribution in [3.05, 3.63) is 12.2 Å². The van der Waals surface area contributed by atoms with Crippen LogP contribution in [-0.4, -0.2) is 72.3 Å². The number of aliphatic imine (C=N–C) groups is 1. The summed E-state index contributed by atoms with van der Waals surface area (Å²) >= 11 is 0. The zero-order chi connectivity index (χ0) is 33.8. The summed E-state index contributed by atoms with van der Waals surface area (Å²) in [7, 11) is 1.46. The van der Waals surface area contributed by atoms with Gasteiger partial charge in [0.2, 0.25) is 0 Å². The topological polar surface area (TPSA) is 98.7 Å². The third-order valence-electron chi connectivity index (χ3n) is 11.5. The molecule has 9 nitrogen and oxygen atoms in total. The molecule has 3 fully saturated rings. The van der Waals surface area contributed by atoms with E-state index in [4.69, 9.17) is 23.9 Å². The summed E-state index contributed by atoms with van der Waals surface area (Å²) in [5, 5.41) is 3.80. The Labute approximate surface area is 290 Å². The Morgan fingerprint density at radius 3 is 2.29 bits per heavy atom. The van der Waals surface area contributed by atoms with Crippen LogP contribution in [0, 0.1) is 5.92 Å². The average molecular weight is 672 g/mol. The number of hydrogen-bond acceptors (Lipinski definition) is 9. The number of ether oxygens (including phenoxy) is 4. The Hall–Kier alpha value is -2.13. The van der Waals surface area contributed by atoms with Crippen molar-refractivity contribution in [2.24, 2.45) is 10.9 Å². The van der Waals surface area contributed by atoms with Gasteiger partial charge in [0.05, 0.1) is 32.0 Å². The van der Waals surface area contributed by atoms with Gasteiger partial charge in [0.25, 0.3) is 0 Å². The maximum absolute atomic E-state index is 14.0. The Morgan fingerprint density at radius 2 is 1.62 bits per heavy atom. The molecule has 7 atom stereocenters. The lowest BCUT2D eigenvalue weighted by Crippen LogP contribution is -2.71. The van der Waals surface area contributed by atoms with Gasteiger partial charge in [-0.3, -0.25) is 9.59 Å². The van der Waals surface area contributed by atoms with E-state index < -0.39 is 17.4 Å². The van der Waals surface area contributed by atoms with Crippen LogP contribution >= 0.6 is 0 Å². The van der Waals surface area contributed by atoms with Gasteiger partial charge in [-0.15, -0.1) is 0 Å². The Morgan fingerprint density at radius 1 is 0.938 bits per heavy atom. The molecular weight excluding hydrogens is 606 g/mol. The smallest absolute Gasteiger partial charge is 0.316 e. The van der Waals surface area contributed by atoms with E-state index in [9.17, 15) is 9.59 Å². The monoisotopic (exact) mass is 671 g/mol. The quantitative estimate of drug-likeness (QED) is 0.0887. The van der Waals surface area contributed by atoms with Gasteiger partial charge >= 0.3 is 11.9 Å². The number of esters is 2. The van der Waals surface area contributed by atoms with Crippen molar-refractivity contribution in [2.45, 2.75) is 197 Å². The third-order valence-corrected chi connectivity index (χ3v) is 11.5. The predicted molar refractivity (Wildman–Crippen MR) is 188 cm³/mol. The van der Waals surface area contributed by atoms with Crippen LogP contribution < -0.4 is 5.32 Å². The van der Waals surface area contributed by atoms with Gasteiger partial charge in [-0.05, 0) is 71.1 Å². The maximum Gasteiger partial charge on any atom is 0.316 e. The number of carbonyl (C=O) groups is 2. The molecule has 0 amide bonds. The van der Waals surface area contributed by atoms with Crippen molar-refractivity contribution in [3.63, 3.8) is 0 Å². The summed E-state index contributed by atoms with van der Waals surface area (Å²) in [4.78, 5) is 32.9. The van der Waals surface area contributed by atoms with E-state index in [1.165, 1.54) is 64.9 Å². The molecule has 272 valence electrons. The van der Waals surface area contributed by atoms with Crippen LogP contribution in [0.1, 0.15) is 162 Å². The molecule has 0 aromatic rings. The molecule has 9 heteroatoms. The molecule has 0 saturated carbocycles. The molecule has 48 heavy (non-hydrogen) atoms. The molecular formula is C39H65N3O6. The zero-order valence-electron chi connectivity index (χ0n) is 30.4. The molecule has 0 radical (unpaired) electrons. The van der Waals surface area contributed by atoms with E-state index in [2.05, 4.69) is 36.2 Å². The summed E-state index contributed by atoms with van der Waals surface area (Å²) < 4.78 is 24.2. The van der Waals surface area contributed by atoms with Crippen molar-refractivity contribution >= 4 is 17.9 Å². The maximum atomic E-state index is 14.0. The molecule has 2 spiro atoms. The molecule has 5 rings (SSSR count). The first-order valence-electron chi connectivity index (χ1n) is 19.8. The minimum atomic E-state index is -0.872. The van der Waals surface area contributed by atoms with Crippen molar-refractivity contribution in [1.29, 1.82) is 0 Å². The standard InChI is InChI=1S/C39H65N3O6/c1-4-32-22-17-18-26-38(48-32)29-31-24-25-33-35(39(27-20-21-30(2)47-39)41-37(40-38)42(31)33)36(44)46-28-19-15-13-11-9-7-5-6-8-10-12-14-16-23-34(43)45-3/h17,22,30-33,35H,4-16,18-21,23-29H2,1-3H3,(H,40,41). The van der Waals surface area contributed by atoms with Crippen molar-refractivity contribution in [1.82, 2.24) is 10.2 Å². The number of nitrogens with one attached hydrogen (secondary N) is 1.